The Balaban J connectivity index is 3.12. The van der Waals surface area contributed by atoms with Gasteiger partial charge in [-0.25, -0.2) is 0 Å². The molecular weight excluding hydrogens is 90.1 g/mol. The van der Waals surface area contributed by atoms with Crippen molar-refractivity contribution in [1.82, 2.24) is 4.98 Å². The largest absolute Gasteiger partial charge is 0.389 e. The number of nitrogens with one attached hydrogen (secondary N) is 1. The molecule has 0 fully saturated rings. The van der Waals surface area contributed by atoms with Crippen molar-refractivity contribution in [3.05, 3.63) is 17.8 Å². The number of hydrogen-bond acceptors (Lipinski definition) is 0. The molecule has 2 nitrogen and oxygen atoms in total. The Morgan fingerprint density at radius 3 is 2.43 bits per heavy atom. The molecule has 7 heavy (non-hydrogen) atoms. The van der Waals surface area contributed by atoms with Gasteiger partial charge in [0.2, 0.25) is 0 Å². The van der Waals surface area contributed by atoms with Crippen LogP contribution in [0.2, 0.25) is 0 Å². The molecule has 0 aliphatic heterocycles. The van der Waals surface area contributed by atoms with Crippen LogP contribution in [0.15, 0.2) is 4.42 Å². The summed E-state index contributed by atoms with van der Waals surface area (Å²) in [5.74, 6) is 0.903. The van der Waals surface area contributed by atoms with E-state index in [1.165, 1.54) is 0 Å². The number of rotatable bonds is 0. The Bertz CT molecular complexity index is 140. The van der Waals surface area contributed by atoms with Gasteiger partial charge in [-0.15, -0.1) is 0 Å². The van der Waals surface area contributed by atoms with Gasteiger partial charge < -0.3 is 9.40 Å². The molecule has 0 aromatic carbocycles. The lowest BCUT2D eigenvalue weighted by molar-refractivity contribution is 0.516. The summed E-state index contributed by atoms with van der Waals surface area (Å²) in [5.41, 5.74) is 1.04. The van der Waals surface area contributed by atoms with Crippen molar-refractivity contribution in [2.75, 3.05) is 0 Å². The van der Waals surface area contributed by atoms with Crippen LogP contribution >= 0.6 is 0 Å². The molecule has 0 saturated heterocycles. The molecule has 0 radical (unpaired) electrons. The number of H-pyrrole nitrogens is 1. The summed E-state index contributed by atoms with van der Waals surface area (Å²) in [6, 6.07) is 0. The third-order valence-electron chi connectivity index (χ3n) is 0.971. The maximum absolute atomic E-state index is 4.78. The molecule has 1 aromatic rings. The van der Waals surface area contributed by atoms with Crippen molar-refractivity contribution < 1.29 is 4.42 Å². The Labute approximate surface area is 42.2 Å². The van der Waals surface area contributed by atoms with Crippen LogP contribution in [0.25, 0.3) is 0 Å². The van der Waals surface area contributed by atoms with E-state index in [2.05, 4.69) is 11.4 Å². The summed E-state index contributed by atoms with van der Waals surface area (Å²) >= 11 is 0. The van der Waals surface area contributed by atoms with Crippen molar-refractivity contribution in [3.63, 3.8) is 0 Å². The van der Waals surface area contributed by atoms with Gasteiger partial charge in [0.15, 0.2) is 5.76 Å². The number of aromatic amines is 1. The second-order valence-corrected chi connectivity index (χ2v) is 1.51. The first-order valence-electron chi connectivity index (χ1n) is 2.16. The smallest absolute Gasteiger partial charge is 0.381 e. The Morgan fingerprint density at radius 1 is 1.57 bits per heavy atom. The fourth-order valence-corrected chi connectivity index (χ4v) is 0.343. The number of hydrogen-bond donors (Lipinski definition) is 1. The van der Waals surface area contributed by atoms with Crippen LogP contribution in [0.1, 0.15) is 11.5 Å². The average Bonchev–Trinajstić information content (AvgIpc) is 1.91. The summed E-state index contributed by atoms with van der Waals surface area (Å²) < 4.78 is 4.78. The standard InChI is InChI=1S/C5H7NO/c1-4-5(2)7-3-6-4/h6H,1-2H3. The zero-order valence-electron chi connectivity index (χ0n) is 4.41. The topological polar surface area (TPSA) is 27.1 Å². The van der Waals surface area contributed by atoms with Gasteiger partial charge in [0, 0.05) is 0 Å². The highest BCUT2D eigenvalue weighted by Gasteiger charge is 1.91. The minimum atomic E-state index is 0.903. The highest BCUT2D eigenvalue weighted by Crippen LogP contribution is 1.98. The van der Waals surface area contributed by atoms with E-state index < -0.39 is 0 Å². The average molecular weight is 97.1 g/mol. The molecule has 1 rings (SSSR count). The molecule has 1 N–H and O–H groups in total. The molecule has 0 amide bonds. The van der Waals surface area contributed by atoms with E-state index in [4.69, 9.17) is 4.42 Å². The second kappa shape index (κ2) is 1.37. The molecule has 0 spiro atoms. The van der Waals surface area contributed by atoms with E-state index in [1.807, 2.05) is 13.8 Å². The molecule has 0 saturated carbocycles. The molecule has 0 aliphatic carbocycles. The summed E-state index contributed by atoms with van der Waals surface area (Å²) in [5, 5.41) is 0. The highest BCUT2D eigenvalue weighted by atomic mass is 16.3. The monoisotopic (exact) mass is 97.1 g/mol. The Morgan fingerprint density at radius 2 is 2.29 bits per heavy atom. The molecule has 1 aromatic heterocycles. The number of aromatic nitrogens is 1. The van der Waals surface area contributed by atoms with Crippen LogP contribution in [0.5, 0.6) is 0 Å². The zero-order valence-corrected chi connectivity index (χ0v) is 4.41. The molecule has 0 bridgehead atoms. The molecule has 1 heterocycles. The molecule has 0 unspecified atom stereocenters. The van der Waals surface area contributed by atoms with Crippen LogP contribution in [0.3, 0.4) is 0 Å². The van der Waals surface area contributed by atoms with Gasteiger partial charge in [0.25, 0.3) is 0 Å². The minimum Gasteiger partial charge on any atom is -0.389 e. The normalized spacial score (nSPS) is 9.43. The lowest BCUT2D eigenvalue weighted by Gasteiger charge is -1.79. The first kappa shape index (κ1) is 4.37. The van der Waals surface area contributed by atoms with E-state index >= 15 is 0 Å². The molecule has 0 aliphatic rings. The van der Waals surface area contributed by atoms with E-state index in [0.717, 1.165) is 11.5 Å². The first-order valence-corrected chi connectivity index (χ1v) is 2.16. The Hall–Kier alpha value is -0.790. The molecule has 38 valence electrons. The van der Waals surface area contributed by atoms with Gasteiger partial charge in [-0.3, -0.25) is 0 Å². The van der Waals surface area contributed by atoms with Crippen LogP contribution in [-0.4, -0.2) is 4.98 Å². The lowest BCUT2D eigenvalue weighted by Crippen LogP contribution is -1.69. The van der Waals surface area contributed by atoms with Gasteiger partial charge in [-0.1, -0.05) is 6.92 Å². The lowest BCUT2D eigenvalue weighted by atomic mass is 10.4. The van der Waals surface area contributed by atoms with Gasteiger partial charge in [0.1, 0.15) is 0 Å². The summed E-state index contributed by atoms with van der Waals surface area (Å²) in [6.45, 7) is 3.83. The number of aryl methyl sites for hydroxylation is 2. The molecular formula is C5H7NO. The predicted molar refractivity (Wildman–Crippen MR) is 25.8 cm³/mol. The van der Waals surface area contributed by atoms with E-state index in [1.54, 1.807) is 0 Å². The maximum atomic E-state index is 4.78. The van der Waals surface area contributed by atoms with Gasteiger partial charge in [-0.05, 0) is 12.6 Å². The number of oxazole rings is 1. The summed E-state index contributed by atoms with van der Waals surface area (Å²) in [6.07, 6.45) is 2.50. The third kappa shape index (κ3) is 0.633. The molecule has 0 atom stereocenters. The van der Waals surface area contributed by atoms with Gasteiger partial charge >= 0.3 is 6.39 Å². The fraction of sp³-hybridized carbons (Fsp3) is 0.400. The predicted octanol–water partition coefficient (Wildman–Crippen LogP) is 1.31. The van der Waals surface area contributed by atoms with Crippen LogP contribution in [0.4, 0.5) is 0 Å². The third-order valence-corrected chi connectivity index (χ3v) is 0.971. The van der Waals surface area contributed by atoms with E-state index in [-0.39, 0.29) is 0 Å². The van der Waals surface area contributed by atoms with Crippen molar-refractivity contribution in [1.29, 1.82) is 0 Å². The van der Waals surface area contributed by atoms with Crippen molar-refractivity contribution >= 4 is 0 Å². The van der Waals surface area contributed by atoms with Gasteiger partial charge in [-0.2, -0.15) is 0 Å². The Kier molecular flexibility index (Phi) is 0.855. The highest BCUT2D eigenvalue weighted by molar-refractivity contribution is 4.99. The second-order valence-electron chi connectivity index (χ2n) is 1.51. The fourth-order valence-electron chi connectivity index (χ4n) is 0.343. The van der Waals surface area contributed by atoms with Crippen LogP contribution < -0.4 is 0 Å². The summed E-state index contributed by atoms with van der Waals surface area (Å²) in [4.78, 5) is 2.78. The summed E-state index contributed by atoms with van der Waals surface area (Å²) in [7, 11) is 0. The van der Waals surface area contributed by atoms with Crippen molar-refractivity contribution in [2.24, 2.45) is 0 Å². The maximum Gasteiger partial charge on any atom is 0.381 e. The minimum absolute atomic E-state index is 0.903. The zero-order chi connectivity index (χ0) is 5.28. The van der Waals surface area contributed by atoms with Crippen LogP contribution in [0, 0.1) is 20.2 Å². The van der Waals surface area contributed by atoms with E-state index in [9.17, 15) is 0 Å². The SMILES string of the molecule is Cc1[nH][c-][o+]c1C. The van der Waals surface area contributed by atoms with Crippen molar-refractivity contribution in [3.8, 4) is 0 Å². The first-order chi connectivity index (χ1) is 3.30. The van der Waals surface area contributed by atoms with Crippen molar-refractivity contribution in [2.45, 2.75) is 13.8 Å². The van der Waals surface area contributed by atoms with Gasteiger partial charge in [0.05, 0.1) is 0 Å². The quantitative estimate of drug-likeness (QED) is 0.383. The molecule has 2 heteroatoms. The van der Waals surface area contributed by atoms with E-state index in [0.29, 0.717) is 0 Å². The van der Waals surface area contributed by atoms with Crippen LogP contribution in [-0.2, 0) is 0 Å².